The van der Waals surface area contributed by atoms with Crippen molar-refractivity contribution in [1.82, 2.24) is 5.32 Å². The highest BCUT2D eigenvalue weighted by molar-refractivity contribution is 4.67. The molecule has 0 aliphatic rings. The zero-order valence-corrected chi connectivity index (χ0v) is 9.60. The lowest BCUT2D eigenvalue weighted by molar-refractivity contribution is 0.149. The van der Waals surface area contributed by atoms with Crippen LogP contribution >= 0.6 is 0 Å². The van der Waals surface area contributed by atoms with Gasteiger partial charge in [-0.1, -0.05) is 26.7 Å². The molecule has 0 fully saturated rings. The predicted molar refractivity (Wildman–Crippen MR) is 58.0 cm³/mol. The van der Waals surface area contributed by atoms with Crippen LogP contribution in [0, 0.1) is 5.92 Å². The quantitative estimate of drug-likeness (QED) is 0.630. The van der Waals surface area contributed by atoms with E-state index in [1.165, 1.54) is 25.7 Å². The number of nitrogens with one attached hydrogen (secondary N) is 1. The third kappa shape index (κ3) is 7.03. The monoisotopic (exact) mass is 187 g/mol. The Balaban J connectivity index is 3.56. The Bertz CT molecular complexity index is 106. The first-order valence-corrected chi connectivity index (χ1v) is 5.40. The van der Waals surface area contributed by atoms with Gasteiger partial charge in [-0.2, -0.15) is 0 Å². The molecule has 0 aromatic rings. The molecular weight excluding hydrogens is 162 g/mol. The van der Waals surface area contributed by atoms with E-state index in [9.17, 15) is 0 Å². The molecule has 0 aromatic heterocycles. The molecule has 0 spiro atoms. The largest absolute Gasteiger partial charge is 0.384 e. The first-order chi connectivity index (χ1) is 6.24. The summed E-state index contributed by atoms with van der Waals surface area (Å²) in [5.74, 6) is 0.666. The van der Waals surface area contributed by atoms with Crippen molar-refractivity contribution in [1.29, 1.82) is 0 Å². The maximum Gasteiger partial charge on any atom is 0.0488 e. The summed E-state index contributed by atoms with van der Waals surface area (Å²) < 4.78 is 5.13. The van der Waals surface area contributed by atoms with Gasteiger partial charge in [0.1, 0.15) is 0 Å². The van der Waals surface area contributed by atoms with Gasteiger partial charge >= 0.3 is 0 Å². The first kappa shape index (κ1) is 12.9. The Morgan fingerprint density at radius 3 is 2.54 bits per heavy atom. The van der Waals surface area contributed by atoms with Gasteiger partial charge in [-0.15, -0.1) is 0 Å². The van der Waals surface area contributed by atoms with Gasteiger partial charge in [0.15, 0.2) is 0 Å². The molecule has 2 unspecified atom stereocenters. The topological polar surface area (TPSA) is 21.3 Å². The fraction of sp³-hybridized carbons (Fsp3) is 1.00. The molecule has 0 aromatic carbocycles. The van der Waals surface area contributed by atoms with Crippen molar-refractivity contribution in [2.75, 3.05) is 20.8 Å². The number of unbranched alkanes of at least 4 members (excludes halogenated alkanes) is 1. The van der Waals surface area contributed by atoms with Crippen molar-refractivity contribution in [3.8, 4) is 0 Å². The Morgan fingerprint density at radius 1 is 1.38 bits per heavy atom. The van der Waals surface area contributed by atoms with Gasteiger partial charge < -0.3 is 10.1 Å². The van der Waals surface area contributed by atoms with Crippen LogP contribution in [0.15, 0.2) is 0 Å². The molecular formula is C11H25NO. The molecule has 0 saturated carbocycles. The average Bonchev–Trinajstić information content (AvgIpc) is 2.12. The van der Waals surface area contributed by atoms with Crippen LogP contribution in [-0.2, 0) is 4.74 Å². The van der Waals surface area contributed by atoms with Crippen molar-refractivity contribution in [3.05, 3.63) is 0 Å². The smallest absolute Gasteiger partial charge is 0.0488 e. The first-order valence-electron chi connectivity index (χ1n) is 5.40. The van der Waals surface area contributed by atoms with E-state index in [0.717, 1.165) is 6.61 Å². The van der Waals surface area contributed by atoms with E-state index >= 15 is 0 Å². The molecule has 0 aliphatic carbocycles. The fourth-order valence-electron chi connectivity index (χ4n) is 1.67. The summed E-state index contributed by atoms with van der Waals surface area (Å²) in [6.07, 6.45) is 5.13. The van der Waals surface area contributed by atoms with Gasteiger partial charge in [0.2, 0.25) is 0 Å². The SMILES string of the molecule is CCCCC(CC(C)COC)NC. The van der Waals surface area contributed by atoms with E-state index in [1.54, 1.807) is 7.11 Å². The van der Waals surface area contributed by atoms with Crippen LogP contribution in [-0.4, -0.2) is 26.8 Å². The van der Waals surface area contributed by atoms with Crippen LogP contribution in [0.2, 0.25) is 0 Å². The Kier molecular flexibility index (Phi) is 8.46. The van der Waals surface area contributed by atoms with E-state index in [0.29, 0.717) is 12.0 Å². The van der Waals surface area contributed by atoms with Gasteiger partial charge in [0, 0.05) is 19.8 Å². The maximum absolute atomic E-state index is 5.13. The van der Waals surface area contributed by atoms with Crippen LogP contribution < -0.4 is 5.32 Å². The zero-order chi connectivity index (χ0) is 10.1. The van der Waals surface area contributed by atoms with Crippen LogP contribution in [0.5, 0.6) is 0 Å². The minimum atomic E-state index is 0.666. The number of rotatable bonds is 8. The Morgan fingerprint density at radius 2 is 2.08 bits per heavy atom. The number of hydrogen-bond donors (Lipinski definition) is 1. The van der Waals surface area contributed by atoms with E-state index in [-0.39, 0.29) is 0 Å². The minimum absolute atomic E-state index is 0.666. The van der Waals surface area contributed by atoms with Crippen LogP contribution in [0.25, 0.3) is 0 Å². The molecule has 2 atom stereocenters. The van der Waals surface area contributed by atoms with E-state index in [2.05, 4.69) is 26.2 Å². The van der Waals surface area contributed by atoms with E-state index in [1.807, 2.05) is 0 Å². The zero-order valence-electron chi connectivity index (χ0n) is 9.60. The lowest BCUT2D eigenvalue weighted by Crippen LogP contribution is -2.28. The highest BCUT2D eigenvalue weighted by atomic mass is 16.5. The van der Waals surface area contributed by atoms with Crippen molar-refractivity contribution in [2.45, 2.75) is 45.6 Å². The molecule has 1 N–H and O–H groups in total. The van der Waals surface area contributed by atoms with Gasteiger partial charge in [-0.05, 0) is 25.8 Å². The van der Waals surface area contributed by atoms with Gasteiger partial charge in [0.05, 0.1) is 0 Å². The van der Waals surface area contributed by atoms with Crippen LogP contribution in [0.4, 0.5) is 0 Å². The molecule has 0 heterocycles. The molecule has 0 bridgehead atoms. The molecule has 2 heteroatoms. The molecule has 0 radical (unpaired) electrons. The summed E-state index contributed by atoms with van der Waals surface area (Å²) in [7, 11) is 3.83. The lowest BCUT2D eigenvalue weighted by atomic mass is 9.98. The van der Waals surface area contributed by atoms with Crippen molar-refractivity contribution in [3.63, 3.8) is 0 Å². The standard InChI is InChI=1S/C11H25NO/c1-5-6-7-11(12-3)8-10(2)9-13-4/h10-12H,5-9H2,1-4H3. The van der Waals surface area contributed by atoms with Crippen LogP contribution in [0.1, 0.15) is 39.5 Å². The molecule has 0 amide bonds. The lowest BCUT2D eigenvalue weighted by Gasteiger charge is -2.19. The number of ether oxygens (including phenoxy) is 1. The second-order valence-electron chi connectivity index (χ2n) is 3.92. The molecule has 0 rings (SSSR count). The number of hydrogen-bond acceptors (Lipinski definition) is 2. The van der Waals surface area contributed by atoms with Gasteiger partial charge in [-0.3, -0.25) is 0 Å². The summed E-state index contributed by atoms with van der Waals surface area (Å²) in [5, 5.41) is 3.37. The predicted octanol–water partition coefficient (Wildman–Crippen LogP) is 2.44. The summed E-state index contributed by atoms with van der Waals surface area (Å²) in [6.45, 7) is 5.37. The van der Waals surface area contributed by atoms with Crippen LogP contribution in [0.3, 0.4) is 0 Å². The average molecular weight is 187 g/mol. The van der Waals surface area contributed by atoms with E-state index < -0.39 is 0 Å². The third-order valence-electron chi connectivity index (χ3n) is 2.45. The second kappa shape index (κ2) is 8.52. The summed E-state index contributed by atoms with van der Waals surface area (Å²) >= 11 is 0. The van der Waals surface area contributed by atoms with Gasteiger partial charge in [0.25, 0.3) is 0 Å². The molecule has 2 nitrogen and oxygen atoms in total. The summed E-state index contributed by atoms with van der Waals surface area (Å²) in [6, 6.07) is 0.671. The van der Waals surface area contributed by atoms with Crippen molar-refractivity contribution < 1.29 is 4.74 Å². The molecule has 0 aliphatic heterocycles. The summed E-state index contributed by atoms with van der Waals surface area (Å²) in [4.78, 5) is 0. The molecule has 0 saturated heterocycles. The Hall–Kier alpha value is -0.0800. The van der Waals surface area contributed by atoms with Gasteiger partial charge in [-0.25, -0.2) is 0 Å². The van der Waals surface area contributed by atoms with Crippen molar-refractivity contribution >= 4 is 0 Å². The maximum atomic E-state index is 5.13. The Labute approximate surface area is 83.1 Å². The van der Waals surface area contributed by atoms with E-state index in [4.69, 9.17) is 4.74 Å². The fourth-order valence-corrected chi connectivity index (χ4v) is 1.67. The molecule has 13 heavy (non-hydrogen) atoms. The second-order valence-corrected chi connectivity index (χ2v) is 3.92. The highest BCUT2D eigenvalue weighted by Gasteiger charge is 2.10. The number of methoxy groups -OCH3 is 1. The summed E-state index contributed by atoms with van der Waals surface area (Å²) in [5.41, 5.74) is 0. The third-order valence-corrected chi connectivity index (χ3v) is 2.45. The minimum Gasteiger partial charge on any atom is -0.384 e. The van der Waals surface area contributed by atoms with Crippen molar-refractivity contribution in [2.24, 2.45) is 5.92 Å². The normalized spacial score (nSPS) is 15.7. The highest BCUT2D eigenvalue weighted by Crippen LogP contribution is 2.11. The molecule has 80 valence electrons.